The maximum Gasteiger partial charge on any atom is 0.347 e. The van der Waals surface area contributed by atoms with Gasteiger partial charge in [-0.3, -0.25) is 14.2 Å². The van der Waals surface area contributed by atoms with E-state index < -0.39 is 6.10 Å². The summed E-state index contributed by atoms with van der Waals surface area (Å²) < 4.78 is 7.74. The van der Waals surface area contributed by atoms with Crippen LogP contribution < -0.4 is 10.4 Å². The molecule has 1 fully saturated rings. The van der Waals surface area contributed by atoms with Crippen molar-refractivity contribution in [1.82, 2.24) is 19.4 Å². The smallest absolute Gasteiger partial charge is 0.347 e. The van der Waals surface area contributed by atoms with Gasteiger partial charge in [0.15, 0.2) is 6.10 Å². The molecule has 2 aliphatic rings. The van der Waals surface area contributed by atoms with Gasteiger partial charge in [0, 0.05) is 51.0 Å². The van der Waals surface area contributed by atoms with Gasteiger partial charge in [0.2, 0.25) is 5.91 Å². The van der Waals surface area contributed by atoms with E-state index in [1.54, 1.807) is 4.57 Å². The van der Waals surface area contributed by atoms with Gasteiger partial charge in [0.1, 0.15) is 5.75 Å². The number of ether oxygens (including phenoxy) is 1. The molecular formula is C30H42N4O4. The summed E-state index contributed by atoms with van der Waals surface area (Å²) in [6.07, 6.45) is 6.41. The number of hydrogen-bond donors (Lipinski definition) is 0. The Hall–Kier alpha value is -3.16. The second-order valence-electron chi connectivity index (χ2n) is 11.2. The van der Waals surface area contributed by atoms with E-state index in [2.05, 4.69) is 11.1 Å². The summed E-state index contributed by atoms with van der Waals surface area (Å²) >= 11 is 0. The Morgan fingerprint density at radius 2 is 1.84 bits per heavy atom. The summed E-state index contributed by atoms with van der Waals surface area (Å²) in [7, 11) is 1.88. The van der Waals surface area contributed by atoms with Crippen molar-refractivity contribution in [2.75, 3.05) is 26.7 Å². The van der Waals surface area contributed by atoms with Gasteiger partial charge in [-0.1, -0.05) is 24.6 Å². The molecule has 2 aliphatic heterocycles. The van der Waals surface area contributed by atoms with Crippen molar-refractivity contribution in [3.05, 3.63) is 57.8 Å². The monoisotopic (exact) mass is 522 g/mol. The van der Waals surface area contributed by atoms with Crippen LogP contribution in [0, 0.1) is 19.3 Å². The molecule has 0 radical (unpaired) electrons. The standard InChI is InChI=1S/C30H42N4O4/c1-22-20-23(2)34(29(37)31-22)17-9-13-27(35)33-18-15-30(16-19-33)14-8-7-11-25-10-5-6-12-26(25)38-24(3)28(36)32(4)21-30/h5-6,10,12,20,24H,7-9,11,13-19,21H2,1-4H3/t24-/m1/s1. The minimum absolute atomic E-state index is 0.00520. The molecule has 1 aromatic carbocycles. The summed E-state index contributed by atoms with van der Waals surface area (Å²) in [5.74, 6) is 0.943. The highest BCUT2D eigenvalue weighted by atomic mass is 16.5. The van der Waals surface area contributed by atoms with Gasteiger partial charge in [0.25, 0.3) is 5.91 Å². The molecule has 8 heteroatoms. The first-order valence-corrected chi connectivity index (χ1v) is 14.0. The lowest BCUT2D eigenvalue weighted by Gasteiger charge is -2.44. The number of amides is 2. The number of carbonyl (C=O) groups excluding carboxylic acids is 2. The number of fused-ring (bicyclic) bond motifs is 1. The predicted molar refractivity (Wildman–Crippen MR) is 147 cm³/mol. The molecule has 8 nitrogen and oxygen atoms in total. The minimum Gasteiger partial charge on any atom is -0.481 e. The number of aryl methyl sites for hydroxylation is 3. The summed E-state index contributed by atoms with van der Waals surface area (Å²) in [5.41, 5.74) is 2.51. The van der Waals surface area contributed by atoms with Crippen molar-refractivity contribution in [2.45, 2.75) is 84.8 Å². The third kappa shape index (κ3) is 6.63. The number of benzene rings is 1. The molecule has 1 saturated heterocycles. The summed E-state index contributed by atoms with van der Waals surface area (Å²) in [5, 5.41) is 0. The first-order chi connectivity index (χ1) is 18.2. The molecule has 38 heavy (non-hydrogen) atoms. The molecule has 0 saturated carbocycles. The lowest BCUT2D eigenvalue weighted by Crippen LogP contribution is -2.50. The Kier molecular flexibility index (Phi) is 8.90. The average molecular weight is 523 g/mol. The number of carbonyl (C=O) groups is 2. The zero-order valence-corrected chi connectivity index (χ0v) is 23.4. The Morgan fingerprint density at radius 1 is 1.11 bits per heavy atom. The van der Waals surface area contributed by atoms with Crippen LogP contribution in [0.1, 0.15) is 68.8 Å². The molecule has 1 spiro atoms. The van der Waals surface area contributed by atoms with Crippen molar-refractivity contribution in [2.24, 2.45) is 5.41 Å². The van der Waals surface area contributed by atoms with Gasteiger partial charge in [-0.25, -0.2) is 4.79 Å². The van der Waals surface area contributed by atoms with E-state index in [9.17, 15) is 14.4 Å². The van der Waals surface area contributed by atoms with Crippen LogP contribution >= 0.6 is 0 Å². The lowest BCUT2D eigenvalue weighted by atomic mass is 9.73. The molecule has 0 unspecified atom stereocenters. The molecule has 4 rings (SSSR count). The highest BCUT2D eigenvalue weighted by Gasteiger charge is 2.38. The molecule has 0 N–H and O–H groups in total. The second kappa shape index (κ2) is 12.1. The second-order valence-corrected chi connectivity index (χ2v) is 11.2. The molecule has 0 bridgehead atoms. The third-order valence-electron chi connectivity index (χ3n) is 8.27. The Morgan fingerprint density at radius 3 is 2.58 bits per heavy atom. The van der Waals surface area contributed by atoms with E-state index in [0.29, 0.717) is 44.7 Å². The number of aromatic nitrogens is 2. The van der Waals surface area contributed by atoms with Crippen molar-refractivity contribution in [3.63, 3.8) is 0 Å². The topological polar surface area (TPSA) is 84.7 Å². The van der Waals surface area contributed by atoms with E-state index >= 15 is 0 Å². The molecule has 1 aromatic heterocycles. The molecule has 0 aliphatic carbocycles. The fourth-order valence-electron chi connectivity index (χ4n) is 6.08. The molecule has 3 heterocycles. The summed E-state index contributed by atoms with van der Waals surface area (Å²) in [6, 6.07) is 9.92. The predicted octanol–water partition coefficient (Wildman–Crippen LogP) is 3.90. The highest BCUT2D eigenvalue weighted by Crippen LogP contribution is 2.38. The first kappa shape index (κ1) is 27.9. The van der Waals surface area contributed by atoms with Gasteiger partial charge >= 0.3 is 5.69 Å². The maximum atomic E-state index is 13.2. The number of nitrogens with zero attached hydrogens (tertiary/aromatic N) is 4. The highest BCUT2D eigenvalue weighted by molar-refractivity contribution is 5.80. The van der Waals surface area contributed by atoms with Crippen molar-refractivity contribution in [1.29, 1.82) is 0 Å². The van der Waals surface area contributed by atoms with Gasteiger partial charge in [0.05, 0.1) is 0 Å². The van der Waals surface area contributed by atoms with Gasteiger partial charge in [-0.05, 0) is 82.4 Å². The van der Waals surface area contributed by atoms with Crippen LogP contribution in [0.3, 0.4) is 0 Å². The van der Waals surface area contributed by atoms with Crippen LogP contribution in [0.4, 0.5) is 0 Å². The molecular weight excluding hydrogens is 480 g/mol. The van der Waals surface area contributed by atoms with E-state index in [4.69, 9.17) is 4.74 Å². The van der Waals surface area contributed by atoms with Crippen molar-refractivity contribution >= 4 is 11.8 Å². The van der Waals surface area contributed by atoms with Gasteiger partial charge in [-0.15, -0.1) is 0 Å². The van der Waals surface area contributed by atoms with Crippen LogP contribution in [0.5, 0.6) is 5.75 Å². The Bertz CT molecular complexity index is 1200. The number of rotatable bonds is 4. The van der Waals surface area contributed by atoms with Crippen molar-refractivity contribution in [3.8, 4) is 5.75 Å². The third-order valence-corrected chi connectivity index (χ3v) is 8.27. The lowest BCUT2D eigenvalue weighted by molar-refractivity contribution is -0.140. The van der Waals surface area contributed by atoms with Crippen molar-refractivity contribution < 1.29 is 14.3 Å². The van der Waals surface area contributed by atoms with Crippen LogP contribution in [0.25, 0.3) is 0 Å². The van der Waals surface area contributed by atoms with E-state index in [1.807, 2.05) is 61.9 Å². The minimum atomic E-state index is -0.542. The zero-order valence-electron chi connectivity index (χ0n) is 23.4. The maximum absolute atomic E-state index is 13.2. The Labute approximate surface area is 226 Å². The molecule has 1 atom stereocenters. The number of hydrogen-bond acceptors (Lipinski definition) is 5. The normalized spacial score (nSPS) is 20.3. The van der Waals surface area contributed by atoms with Crippen LogP contribution in [0.15, 0.2) is 35.1 Å². The molecule has 2 aromatic rings. The number of para-hydroxylation sites is 1. The van der Waals surface area contributed by atoms with E-state index in [1.165, 1.54) is 0 Å². The quantitative estimate of drug-likeness (QED) is 0.608. The number of likely N-dealkylation sites (tertiary alicyclic amines) is 1. The summed E-state index contributed by atoms with van der Waals surface area (Å²) in [6.45, 7) is 8.15. The number of piperidine rings is 1. The summed E-state index contributed by atoms with van der Waals surface area (Å²) in [4.78, 5) is 46.2. The number of likely N-dealkylation sites (N-methyl/N-ethyl adjacent to an activating group) is 1. The fourth-order valence-corrected chi connectivity index (χ4v) is 6.08. The zero-order chi connectivity index (χ0) is 27.3. The first-order valence-electron chi connectivity index (χ1n) is 14.0. The van der Waals surface area contributed by atoms with E-state index in [0.717, 1.165) is 55.5 Å². The van der Waals surface area contributed by atoms with Crippen LogP contribution in [0.2, 0.25) is 0 Å². The van der Waals surface area contributed by atoms with Crippen LogP contribution in [-0.2, 0) is 22.6 Å². The van der Waals surface area contributed by atoms with Gasteiger partial charge < -0.3 is 14.5 Å². The molecule has 206 valence electrons. The molecule has 2 amide bonds. The SMILES string of the molecule is Cc1cc(C)n(CCCC(=O)N2CCC3(CCCCc4ccccc4O[C@H](C)C(=O)N(C)C3)CC2)c(=O)n1. The van der Waals surface area contributed by atoms with Crippen LogP contribution in [-0.4, -0.2) is 64.0 Å². The average Bonchev–Trinajstić information content (AvgIpc) is 2.88. The Balaban J connectivity index is 1.35. The fraction of sp³-hybridized carbons (Fsp3) is 0.600. The largest absolute Gasteiger partial charge is 0.481 e. The van der Waals surface area contributed by atoms with E-state index in [-0.39, 0.29) is 22.9 Å². The van der Waals surface area contributed by atoms with Gasteiger partial charge in [-0.2, -0.15) is 4.98 Å².